The minimum absolute atomic E-state index is 0.00926. The molecule has 0 aromatic rings. The van der Waals surface area contributed by atoms with E-state index < -0.39 is 0 Å². The normalized spacial score (nSPS) is 24.7. The summed E-state index contributed by atoms with van der Waals surface area (Å²) in [5, 5.41) is 0. The quantitative estimate of drug-likeness (QED) is 0.664. The van der Waals surface area contributed by atoms with Crippen molar-refractivity contribution in [1.29, 1.82) is 0 Å². The van der Waals surface area contributed by atoms with Gasteiger partial charge in [-0.15, -0.1) is 0 Å². The maximum absolute atomic E-state index is 12.0. The zero-order chi connectivity index (χ0) is 11.0. The van der Waals surface area contributed by atoms with Crippen molar-refractivity contribution in [2.75, 3.05) is 6.54 Å². The summed E-state index contributed by atoms with van der Waals surface area (Å²) in [4.78, 5) is 26.9. The Labute approximate surface area is 90.2 Å². The van der Waals surface area contributed by atoms with E-state index in [9.17, 15) is 9.59 Å². The summed E-state index contributed by atoms with van der Waals surface area (Å²) in [6, 6.07) is 0.296. The molecule has 1 aliphatic carbocycles. The molecule has 3 amide bonds. The van der Waals surface area contributed by atoms with Crippen LogP contribution >= 0.6 is 0 Å². The van der Waals surface area contributed by atoms with Gasteiger partial charge >= 0.3 is 6.03 Å². The van der Waals surface area contributed by atoms with E-state index in [4.69, 9.17) is 0 Å². The van der Waals surface area contributed by atoms with Crippen molar-refractivity contribution in [2.45, 2.75) is 51.6 Å². The van der Waals surface area contributed by atoms with Crippen LogP contribution in [0.25, 0.3) is 0 Å². The Bertz CT molecular complexity index is 286. The van der Waals surface area contributed by atoms with E-state index in [-0.39, 0.29) is 30.6 Å². The van der Waals surface area contributed by atoms with Crippen LogP contribution in [0.1, 0.15) is 39.5 Å². The lowest BCUT2D eigenvalue weighted by Crippen LogP contribution is -2.45. The monoisotopic (exact) mass is 210 g/mol. The lowest BCUT2D eigenvalue weighted by atomic mass is 9.92. The molecule has 4 heteroatoms. The number of imide groups is 1. The van der Waals surface area contributed by atoms with Gasteiger partial charge in [-0.2, -0.15) is 0 Å². The van der Waals surface area contributed by atoms with Crippen LogP contribution in [0.3, 0.4) is 0 Å². The number of carbonyl (C=O) groups excluding carboxylic acids is 2. The van der Waals surface area contributed by atoms with Crippen LogP contribution in [0.4, 0.5) is 4.79 Å². The highest BCUT2D eigenvalue weighted by molar-refractivity contribution is 6.02. The largest absolute Gasteiger partial charge is 0.327 e. The topological polar surface area (TPSA) is 40.6 Å². The van der Waals surface area contributed by atoms with E-state index in [1.165, 1.54) is 4.90 Å². The van der Waals surface area contributed by atoms with E-state index in [0.717, 1.165) is 25.7 Å². The summed E-state index contributed by atoms with van der Waals surface area (Å²) in [6.07, 6.45) is 4.03. The highest BCUT2D eigenvalue weighted by Crippen LogP contribution is 2.29. The van der Waals surface area contributed by atoms with Crippen molar-refractivity contribution in [2.24, 2.45) is 0 Å². The van der Waals surface area contributed by atoms with Gasteiger partial charge in [-0.25, -0.2) is 4.79 Å². The standard InChI is InChI=1S/C11H18N2O2/c1-3-8(2)12-7-10(14)13(11(12)15)9-5-4-6-9/h8-9H,3-7H2,1-2H3. The summed E-state index contributed by atoms with van der Waals surface area (Å²) in [5.74, 6) is -0.00926. The highest BCUT2D eigenvalue weighted by Gasteiger charge is 2.43. The average Bonchev–Trinajstić information content (AvgIpc) is 2.42. The Morgan fingerprint density at radius 3 is 2.53 bits per heavy atom. The maximum atomic E-state index is 12.0. The van der Waals surface area contributed by atoms with Gasteiger partial charge in [0.1, 0.15) is 6.54 Å². The number of hydrogen-bond acceptors (Lipinski definition) is 2. The van der Waals surface area contributed by atoms with Crippen LogP contribution < -0.4 is 0 Å². The lowest BCUT2D eigenvalue weighted by molar-refractivity contribution is -0.128. The van der Waals surface area contributed by atoms with Crippen LogP contribution in [-0.2, 0) is 4.79 Å². The number of amides is 3. The molecule has 1 unspecified atom stereocenters. The zero-order valence-corrected chi connectivity index (χ0v) is 9.40. The average molecular weight is 210 g/mol. The smallest absolute Gasteiger partial charge is 0.312 e. The Morgan fingerprint density at radius 1 is 1.40 bits per heavy atom. The zero-order valence-electron chi connectivity index (χ0n) is 9.40. The molecule has 15 heavy (non-hydrogen) atoms. The molecule has 2 aliphatic rings. The summed E-state index contributed by atoms with van der Waals surface area (Å²) in [5.41, 5.74) is 0. The highest BCUT2D eigenvalue weighted by atomic mass is 16.2. The molecule has 1 heterocycles. The number of carbonyl (C=O) groups is 2. The van der Waals surface area contributed by atoms with E-state index in [0.29, 0.717) is 0 Å². The van der Waals surface area contributed by atoms with Gasteiger partial charge in [0.05, 0.1) is 0 Å². The number of rotatable bonds is 3. The van der Waals surface area contributed by atoms with Crippen molar-refractivity contribution in [3.05, 3.63) is 0 Å². The maximum Gasteiger partial charge on any atom is 0.327 e. The molecule has 1 saturated heterocycles. The van der Waals surface area contributed by atoms with Crippen molar-refractivity contribution in [1.82, 2.24) is 9.80 Å². The third-order valence-electron chi connectivity index (χ3n) is 3.59. The molecule has 0 spiro atoms. The van der Waals surface area contributed by atoms with Gasteiger partial charge in [-0.3, -0.25) is 9.69 Å². The van der Waals surface area contributed by atoms with Crippen LogP contribution in [0.15, 0.2) is 0 Å². The second-order valence-electron chi connectivity index (χ2n) is 4.52. The lowest BCUT2D eigenvalue weighted by Gasteiger charge is -2.33. The molecular weight excluding hydrogens is 192 g/mol. The van der Waals surface area contributed by atoms with Crippen molar-refractivity contribution < 1.29 is 9.59 Å². The first-order valence-electron chi connectivity index (χ1n) is 5.77. The van der Waals surface area contributed by atoms with Gasteiger partial charge in [0.2, 0.25) is 0 Å². The molecule has 4 nitrogen and oxygen atoms in total. The minimum Gasteiger partial charge on any atom is -0.312 e. The summed E-state index contributed by atoms with van der Waals surface area (Å²) < 4.78 is 0. The van der Waals surface area contributed by atoms with Gasteiger partial charge in [0.15, 0.2) is 0 Å². The van der Waals surface area contributed by atoms with Gasteiger partial charge in [0.25, 0.3) is 5.91 Å². The van der Waals surface area contributed by atoms with Crippen molar-refractivity contribution in [3.8, 4) is 0 Å². The Morgan fingerprint density at radius 2 is 2.07 bits per heavy atom. The van der Waals surface area contributed by atoms with Crippen LogP contribution in [0, 0.1) is 0 Å². The summed E-state index contributed by atoms with van der Waals surface area (Å²) in [6.45, 7) is 4.31. The molecule has 1 aliphatic heterocycles. The fourth-order valence-corrected chi connectivity index (χ4v) is 2.10. The van der Waals surface area contributed by atoms with E-state index in [1.807, 2.05) is 13.8 Å². The third-order valence-corrected chi connectivity index (χ3v) is 3.59. The molecule has 0 aromatic heterocycles. The summed E-state index contributed by atoms with van der Waals surface area (Å²) in [7, 11) is 0. The van der Waals surface area contributed by atoms with Gasteiger partial charge < -0.3 is 4.90 Å². The fourth-order valence-electron chi connectivity index (χ4n) is 2.10. The van der Waals surface area contributed by atoms with Gasteiger partial charge in [-0.1, -0.05) is 6.92 Å². The molecule has 1 saturated carbocycles. The van der Waals surface area contributed by atoms with Crippen LogP contribution in [0.2, 0.25) is 0 Å². The molecule has 1 atom stereocenters. The first-order chi connectivity index (χ1) is 7.15. The first-order valence-corrected chi connectivity index (χ1v) is 5.77. The fraction of sp³-hybridized carbons (Fsp3) is 0.818. The second-order valence-corrected chi connectivity index (χ2v) is 4.52. The third kappa shape index (κ3) is 1.62. The molecule has 0 bridgehead atoms. The van der Waals surface area contributed by atoms with Crippen LogP contribution in [-0.4, -0.2) is 40.4 Å². The number of urea groups is 1. The first kappa shape index (κ1) is 10.5. The van der Waals surface area contributed by atoms with E-state index >= 15 is 0 Å². The predicted molar refractivity (Wildman–Crippen MR) is 56.3 cm³/mol. The molecule has 84 valence electrons. The molecule has 2 rings (SSSR count). The molecule has 2 fully saturated rings. The van der Waals surface area contributed by atoms with Gasteiger partial charge in [-0.05, 0) is 32.6 Å². The van der Waals surface area contributed by atoms with E-state index in [2.05, 4.69) is 0 Å². The molecule has 0 N–H and O–H groups in total. The molecule has 0 radical (unpaired) electrons. The number of nitrogens with zero attached hydrogens (tertiary/aromatic N) is 2. The minimum atomic E-state index is -0.0703. The molecule has 0 aromatic carbocycles. The van der Waals surface area contributed by atoms with E-state index in [1.54, 1.807) is 4.90 Å². The second kappa shape index (κ2) is 3.83. The summed E-state index contributed by atoms with van der Waals surface area (Å²) >= 11 is 0. The SMILES string of the molecule is CCC(C)N1CC(=O)N(C2CCC2)C1=O. The Hall–Kier alpha value is -1.06. The van der Waals surface area contributed by atoms with Gasteiger partial charge in [0, 0.05) is 12.1 Å². The Balaban J connectivity index is 2.08. The van der Waals surface area contributed by atoms with Crippen molar-refractivity contribution in [3.63, 3.8) is 0 Å². The predicted octanol–water partition coefficient (Wildman–Crippen LogP) is 1.60. The number of hydrogen-bond donors (Lipinski definition) is 0. The molecular formula is C11H18N2O2. The van der Waals surface area contributed by atoms with Crippen LogP contribution in [0.5, 0.6) is 0 Å². The van der Waals surface area contributed by atoms with Crippen molar-refractivity contribution >= 4 is 11.9 Å². The Kier molecular flexibility index (Phi) is 2.67.